The van der Waals surface area contributed by atoms with Gasteiger partial charge in [0.2, 0.25) is 0 Å². The van der Waals surface area contributed by atoms with Crippen molar-refractivity contribution in [2.75, 3.05) is 12.5 Å². The highest BCUT2D eigenvalue weighted by molar-refractivity contribution is 8.01. The maximum absolute atomic E-state index is 9.17. The molecule has 0 heterocycles. The van der Waals surface area contributed by atoms with Crippen LogP contribution in [0.5, 0.6) is 0 Å². The molecule has 0 radical (unpaired) electrons. The van der Waals surface area contributed by atoms with Crippen LogP contribution in [-0.4, -0.2) is 12.5 Å². The topological polar surface area (TPSA) is 47.6 Å². The van der Waals surface area contributed by atoms with E-state index in [2.05, 4.69) is 48.9 Å². The third-order valence-electron chi connectivity index (χ3n) is 3.68. The van der Waals surface area contributed by atoms with E-state index in [0.717, 1.165) is 21.5 Å². The summed E-state index contributed by atoms with van der Waals surface area (Å²) in [5.41, 5.74) is 0.861. The minimum absolute atomic E-state index is 0.431. The number of thioether (sulfide) groups is 2. The van der Waals surface area contributed by atoms with Gasteiger partial charge in [-0.05, 0) is 70.5 Å². The number of rotatable bonds is 2. The van der Waals surface area contributed by atoms with E-state index in [1.54, 1.807) is 35.7 Å². The minimum Gasteiger partial charge on any atom is -0.192 e. The Morgan fingerprint density at radius 2 is 1.00 bits per heavy atom. The van der Waals surface area contributed by atoms with Gasteiger partial charge in [-0.15, -0.1) is 23.5 Å². The van der Waals surface area contributed by atoms with Crippen molar-refractivity contribution in [2.45, 2.75) is 9.79 Å². The van der Waals surface area contributed by atoms with Gasteiger partial charge < -0.3 is 0 Å². The average Bonchev–Trinajstić information content (AvgIpc) is 2.57. The summed E-state index contributed by atoms with van der Waals surface area (Å²) in [5, 5.41) is 22.6. The molecule has 3 rings (SSSR count). The lowest BCUT2D eigenvalue weighted by Crippen LogP contribution is -1.86. The second kappa shape index (κ2) is 5.93. The van der Waals surface area contributed by atoms with Crippen LogP contribution in [0.3, 0.4) is 0 Å². The molecule has 3 aromatic carbocycles. The van der Waals surface area contributed by atoms with Gasteiger partial charge >= 0.3 is 0 Å². The zero-order valence-corrected chi connectivity index (χ0v) is 13.8. The van der Waals surface area contributed by atoms with E-state index in [1.807, 2.05) is 0 Å². The normalized spacial score (nSPS) is 10.5. The number of nitriles is 2. The summed E-state index contributed by atoms with van der Waals surface area (Å²) in [6.45, 7) is 0. The SMILES string of the molecule is CSc1cc2cc3cc(C#N)c(C#N)cc3cc2cc1SC. The molecule has 0 aliphatic heterocycles. The van der Waals surface area contributed by atoms with Crippen molar-refractivity contribution in [1.29, 1.82) is 10.5 Å². The first-order valence-electron chi connectivity index (χ1n) is 6.64. The van der Waals surface area contributed by atoms with Crippen molar-refractivity contribution < 1.29 is 0 Å². The largest absolute Gasteiger partial charge is 0.192 e. The van der Waals surface area contributed by atoms with Gasteiger partial charge in [-0.25, -0.2) is 0 Å². The van der Waals surface area contributed by atoms with E-state index in [4.69, 9.17) is 10.5 Å². The second-order valence-corrected chi connectivity index (χ2v) is 6.57. The van der Waals surface area contributed by atoms with Crippen LogP contribution in [0.25, 0.3) is 21.5 Å². The van der Waals surface area contributed by atoms with E-state index in [1.165, 1.54) is 9.79 Å². The van der Waals surface area contributed by atoms with Gasteiger partial charge in [0.1, 0.15) is 12.1 Å². The lowest BCUT2D eigenvalue weighted by atomic mass is 9.99. The number of hydrogen-bond donors (Lipinski definition) is 0. The van der Waals surface area contributed by atoms with Crippen molar-refractivity contribution in [2.24, 2.45) is 0 Å². The molecule has 0 atom stereocenters. The molecule has 2 nitrogen and oxygen atoms in total. The van der Waals surface area contributed by atoms with Gasteiger partial charge in [0.05, 0.1) is 11.1 Å². The summed E-state index contributed by atoms with van der Waals surface area (Å²) in [6, 6.07) is 16.4. The van der Waals surface area contributed by atoms with Gasteiger partial charge in [-0.3, -0.25) is 0 Å². The van der Waals surface area contributed by atoms with Crippen molar-refractivity contribution in [3.8, 4) is 12.1 Å². The smallest absolute Gasteiger partial charge is 0.101 e. The summed E-state index contributed by atoms with van der Waals surface area (Å²) in [4.78, 5) is 2.52. The van der Waals surface area contributed by atoms with Crippen molar-refractivity contribution in [3.05, 3.63) is 47.5 Å². The molecular formula is C18H12N2S2. The Bertz CT molecular complexity index is 898. The molecule has 0 saturated carbocycles. The molecule has 0 spiro atoms. The van der Waals surface area contributed by atoms with Crippen LogP contribution < -0.4 is 0 Å². The van der Waals surface area contributed by atoms with Gasteiger partial charge in [0, 0.05) is 9.79 Å². The summed E-state index contributed by atoms with van der Waals surface area (Å²) in [7, 11) is 0. The predicted octanol–water partition coefficient (Wildman–Crippen LogP) is 5.18. The maximum atomic E-state index is 9.17. The monoisotopic (exact) mass is 320 g/mol. The molecule has 0 fully saturated rings. The quantitative estimate of drug-likeness (QED) is 0.482. The van der Waals surface area contributed by atoms with Crippen LogP contribution in [0.2, 0.25) is 0 Å². The van der Waals surface area contributed by atoms with Crippen LogP contribution in [0.1, 0.15) is 11.1 Å². The molecular weight excluding hydrogens is 308 g/mol. The van der Waals surface area contributed by atoms with E-state index in [9.17, 15) is 0 Å². The number of fused-ring (bicyclic) bond motifs is 2. The van der Waals surface area contributed by atoms with Crippen LogP contribution in [0, 0.1) is 22.7 Å². The highest BCUT2D eigenvalue weighted by Crippen LogP contribution is 2.34. The third-order valence-corrected chi connectivity index (χ3v) is 5.36. The Morgan fingerprint density at radius 3 is 1.32 bits per heavy atom. The first-order valence-corrected chi connectivity index (χ1v) is 9.09. The molecule has 106 valence electrons. The number of benzene rings is 3. The summed E-state index contributed by atoms with van der Waals surface area (Å²) in [6.07, 6.45) is 4.16. The van der Waals surface area contributed by atoms with Crippen molar-refractivity contribution in [1.82, 2.24) is 0 Å². The molecule has 0 aliphatic carbocycles. The Morgan fingerprint density at radius 1 is 0.636 bits per heavy atom. The van der Waals surface area contributed by atoms with Crippen LogP contribution in [0.15, 0.2) is 46.2 Å². The molecule has 0 saturated heterocycles. The van der Waals surface area contributed by atoms with Crippen molar-refractivity contribution in [3.63, 3.8) is 0 Å². The number of hydrogen-bond acceptors (Lipinski definition) is 4. The van der Waals surface area contributed by atoms with Crippen LogP contribution in [-0.2, 0) is 0 Å². The lowest BCUT2D eigenvalue weighted by Gasteiger charge is -2.09. The average molecular weight is 320 g/mol. The zero-order chi connectivity index (χ0) is 15.7. The summed E-state index contributed by atoms with van der Waals surface area (Å²) >= 11 is 3.48. The fourth-order valence-corrected chi connectivity index (χ4v) is 4.07. The van der Waals surface area contributed by atoms with Gasteiger partial charge in [-0.2, -0.15) is 10.5 Å². The molecule has 0 unspecified atom stereocenters. The number of nitrogens with zero attached hydrogens (tertiary/aromatic N) is 2. The van der Waals surface area contributed by atoms with Gasteiger partial charge in [-0.1, -0.05) is 0 Å². The molecule has 0 aliphatic rings. The second-order valence-electron chi connectivity index (χ2n) is 4.88. The zero-order valence-electron chi connectivity index (χ0n) is 12.2. The molecule has 3 aromatic rings. The van der Waals surface area contributed by atoms with Crippen molar-refractivity contribution >= 4 is 45.1 Å². The van der Waals surface area contributed by atoms with Gasteiger partial charge in [0.25, 0.3) is 0 Å². The molecule has 0 bridgehead atoms. The highest BCUT2D eigenvalue weighted by atomic mass is 32.2. The Hall–Kier alpha value is -2.14. The molecule has 4 heteroatoms. The summed E-state index contributed by atoms with van der Waals surface area (Å²) in [5.74, 6) is 0. The Balaban J connectivity index is 2.36. The van der Waals surface area contributed by atoms with E-state index >= 15 is 0 Å². The first kappa shape index (κ1) is 14.8. The standard InChI is InChI=1S/C18H12N2S2/c1-21-17-7-13-3-11-5-15(9-19)16(10-20)6-12(11)4-14(13)8-18(17)22-2/h3-8H,1-2H3. The Labute approximate surface area is 137 Å². The fourth-order valence-electron chi connectivity index (χ4n) is 2.56. The Kier molecular flexibility index (Phi) is 3.98. The summed E-state index contributed by atoms with van der Waals surface area (Å²) < 4.78 is 0. The maximum Gasteiger partial charge on any atom is 0.101 e. The minimum atomic E-state index is 0.431. The highest BCUT2D eigenvalue weighted by Gasteiger charge is 2.08. The predicted molar refractivity (Wildman–Crippen MR) is 94.4 cm³/mol. The fraction of sp³-hybridized carbons (Fsp3) is 0.111. The first-order chi connectivity index (χ1) is 10.7. The third kappa shape index (κ3) is 2.41. The molecule has 0 amide bonds. The molecule has 0 aromatic heterocycles. The van der Waals surface area contributed by atoms with Crippen LogP contribution in [0.4, 0.5) is 0 Å². The van der Waals surface area contributed by atoms with Crippen LogP contribution >= 0.6 is 23.5 Å². The van der Waals surface area contributed by atoms with E-state index in [-0.39, 0.29) is 0 Å². The lowest BCUT2D eigenvalue weighted by molar-refractivity contribution is 1.29. The van der Waals surface area contributed by atoms with Gasteiger partial charge in [0.15, 0.2) is 0 Å². The van der Waals surface area contributed by atoms with E-state index < -0.39 is 0 Å². The molecule has 0 N–H and O–H groups in total. The molecule has 22 heavy (non-hydrogen) atoms. The van der Waals surface area contributed by atoms with E-state index in [0.29, 0.717) is 11.1 Å².